The van der Waals surface area contributed by atoms with E-state index < -0.39 is 12.0 Å². The predicted molar refractivity (Wildman–Crippen MR) is 53.9 cm³/mol. The van der Waals surface area contributed by atoms with Crippen LogP contribution in [-0.4, -0.2) is 22.0 Å². The van der Waals surface area contributed by atoms with E-state index in [2.05, 4.69) is 5.28 Å². The largest absolute Gasteiger partial charge is 1.00 e. The number of hydrazine groups is 1. The van der Waals surface area contributed by atoms with E-state index in [1.807, 2.05) is 0 Å². The van der Waals surface area contributed by atoms with Crippen molar-refractivity contribution in [1.29, 1.82) is 0 Å². The summed E-state index contributed by atoms with van der Waals surface area (Å²) in [6.07, 6.45) is 0.118. The van der Waals surface area contributed by atoms with E-state index in [9.17, 15) is 20.3 Å². The predicted octanol–water partition coefficient (Wildman–Crippen LogP) is -6.45. The zero-order valence-electron chi connectivity index (χ0n) is 10.8. The Balaban J connectivity index is 0.00000162. The van der Waals surface area contributed by atoms with Crippen molar-refractivity contribution in [1.82, 2.24) is 5.01 Å². The molecule has 2 rings (SSSR count). The van der Waals surface area contributed by atoms with Crippen molar-refractivity contribution in [2.75, 3.05) is 0 Å². The van der Waals surface area contributed by atoms with E-state index in [1.54, 1.807) is 24.3 Å². The molecule has 0 saturated heterocycles. The zero-order valence-corrected chi connectivity index (χ0v) is 14.8. The van der Waals surface area contributed by atoms with Crippen molar-refractivity contribution in [3.63, 3.8) is 0 Å². The van der Waals surface area contributed by atoms with E-state index in [1.165, 1.54) is 0 Å². The topological polar surface area (TPSA) is 105 Å². The van der Waals surface area contributed by atoms with Crippen LogP contribution in [0.25, 0.3) is 0 Å². The van der Waals surface area contributed by atoms with Gasteiger partial charge in [-0.05, 0) is 16.4 Å². The maximum atomic E-state index is 11.2. The molecular weight excluding hydrogens is 272 g/mol. The number of carbonyl (C=O) groups excluding carboxylic acids is 1. The summed E-state index contributed by atoms with van der Waals surface area (Å²) < 4.78 is 0. The Kier molecular flexibility index (Phi) is 7.95. The van der Waals surface area contributed by atoms with Crippen LogP contribution < -0.4 is 64.2 Å². The van der Waals surface area contributed by atoms with E-state index in [-0.39, 0.29) is 77.0 Å². The molecule has 1 atom stereocenters. The minimum absolute atomic E-state index is 0. The summed E-state index contributed by atoms with van der Waals surface area (Å²) in [5.74, 6) is -1.40. The molecule has 0 spiro atoms. The minimum atomic E-state index is -1.40. The van der Waals surface area contributed by atoms with Crippen molar-refractivity contribution < 1.29 is 74.0 Å². The fraction of sp³-hybridized carbons (Fsp3) is 0.300. The number of rotatable bonds is 2. The normalized spacial score (nSPS) is 17.8. The maximum Gasteiger partial charge on any atom is 1.00 e. The number of hydrogen-bond acceptors (Lipinski definition) is 5. The first-order valence-corrected chi connectivity index (χ1v) is 4.98. The summed E-state index contributed by atoms with van der Waals surface area (Å²) in [6.45, 7) is 0.0318. The maximum absolute atomic E-state index is 11.2. The van der Waals surface area contributed by atoms with Gasteiger partial charge < -0.3 is 20.3 Å². The van der Waals surface area contributed by atoms with Gasteiger partial charge in [0.2, 0.25) is 0 Å². The van der Waals surface area contributed by atoms with Crippen LogP contribution in [0.3, 0.4) is 0 Å². The summed E-state index contributed by atoms with van der Waals surface area (Å²) in [4.78, 5) is 10.7. The SMILES string of the molecule is O=C([O-])C1Cc2ccccc2CN1/[N+]([O-])=N/[O-].[Na+].[Na+]. The van der Waals surface area contributed by atoms with Gasteiger partial charge in [-0.2, -0.15) is 0 Å². The van der Waals surface area contributed by atoms with Gasteiger partial charge in [0.1, 0.15) is 12.6 Å². The molecule has 19 heavy (non-hydrogen) atoms. The average molecular weight is 281 g/mol. The van der Waals surface area contributed by atoms with Crippen LogP contribution in [0.4, 0.5) is 0 Å². The molecule has 0 aromatic heterocycles. The van der Waals surface area contributed by atoms with Crippen LogP contribution in [-0.2, 0) is 17.8 Å². The zero-order chi connectivity index (χ0) is 12.4. The molecule has 0 aliphatic carbocycles. The molecule has 1 aromatic rings. The molecule has 0 fully saturated rings. The van der Waals surface area contributed by atoms with Gasteiger partial charge in [-0.25, -0.2) is 0 Å². The van der Waals surface area contributed by atoms with Crippen LogP contribution in [0, 0.1) is 10.4 Å². The number of carboxylic acid groups (broad SMARTS) is 1. The second-order valence-electron chi connectivity index (χ2n) is 3.74. The third-order valence-corrected chi connectivity index (χ3v) is 2.79. The third kappa shape index (κ3) is 4.08. The summed E-state index contributed by atoms with van der Waals surface area (Å²) in [7, 11) is 0. The standard InChI is InChI=1S/C10H11N3O4.2Na/c14-10(15)9-5-7-3-1-2-4-8(7)6-12(9)13(17)11-16;;/h1-4,9,16H,5-6H2,(H,14,15);;/q;2*+1/p-2/b13-11-;;. The summed E-state index contributed by atoms with van der Waals surface area (Å²) in [5.41, 5.74) is 1.63. The first-order chi connectivity index (χ1) is 8.13. The molecule has 0 radical (unpaired) electrons. The Labute approximate surface area is 154 Å². The second-order valence-corrected chi connectivity index (χ2v) is 3.74. The molecule has 1 aliphatic heterocycles. The Morgan fingerprint density at radius 3 is 2.42 bits per heavy atom. The number of nitrogens with zero attached hydrogens (tertiary/aromatic N) is 3. The van der Waals surface area contributed by atoms with E-state index >= 15 is 0 Å². The first-order valence-electron chi connectivity index (χ1n) is 4.98. The van der Waals surface area contributed by atoms with E-state index in [0.29, 0.717) is 0 Å². The van der Waals surface area contributed by atoms with Crippen molar-refractivity contribution in [2.45, 2.75) is 19.0 Å². The minimum Gasteiger partial charge on any atom is -0.737 e. The van der Waals surface area contributed by atoms with Crippen LogP contribution in [0.1, 0.15) is 11.1 Å². The average Bonchev–Trinajstić information content (AvgIpc) is 2.36. The monoisotopic (exact) mass is 281 g/mol. The van der Waals surface area contributed by atoms with E-state index in [4.69, 9.17) is 0 Å². The van der Waals surface area contributed by atoms with Gasteiger partial charge in [0.05, 0.1) is 5.97 Å². The number of hydrogen-bond donors (Lipinski definition) is 0. The molecule has 9 heteroatoms. The summed E-state index contributed by atoms with van der Waals surface area (Å²) >= 11 is 0. The molecule has 0 N–H and O–H groups in total. The van der Waals surface area contributed by atoms with Crippen LogP contribution in [0.5, 0.6) is 0 Å². The Bertz CT molecular complexity index is 484. The van der Waals surface area contributed by atoms with Gasteiger partial charge in [-0.1, -0.05) is 24.3 Å². The molecule has 0 bridgehead atoms. The van der Waals surface area contributed by atoms with Crippen LogP contribution in [0.15, 0.2) is 29.5 Å². The van der Waals surface area contributed by atoms with Gasteiger partial charge in [-0.15, -0.1) is 5.01 Å². The molecular formula is C10H9N3Na2O4. The third-order valence-electron chi connectivity index (χ3n) is 2.79. The van der Waals surface area contributed by atoms with Gasteiger partial charge in [0, 0.05) is 11.4 Å². The number of benzene rings is 1. The van der Waals surface area contributed by atoms with Crippen LogP contribution >= 0.6 is 0 Å². The van der Waals surface area contributed by atoms with Gasteiger partial charge in [0.25, 0.3) is 0 Å². The van der Waals surface area contributed by atoms with Gasteiger partial charge >= 0.3 is 59.1 Å². The molecule has 0 saturated carbocycles. The summed E-state index contributed by atoms with van der Waals surface area (Å²) in [6, 6.07) is 5.95. The molecule has 1 unspecified atom stereocenters. The number of carboxylic acids is 1. The Morgan fingerprint density at radius 1 is 1.32 bits per heavy atom. The van der Waals surface area contributed by atoms with Crippen LogP contribution in [0.2, 0.25) is 0 Å². The van der Waals surface area contributed by atoms with Crippen molar-refractivity contribution in [3.8, 4) is 0 Å². The first kappa shape index (κ1) is 18.7. The quantitative estimate of drug-likeness (QED) is 0.232. The smallest absolute Gasteiger partial charge is 0.737 e. The van der Waals surface area contributed by atoms with Crippen molar-refractivity contribution >= 4 is 5.97 Å². The number of fused-ring (bicyclic) bond motifs is 1. The molecule has 7 nitrogen and oxygen atoms in total. The number of carbonyl (C=O) groups is 1. The Morgan fingerprint density at radius 2 is 1.89 bits per heavy atom. The van der Waals surface area contributed by atoms with Gasteiger partial charge in [0.15, 0.2) is 0 Å². The molecule has 1 aliphatic rings. The Hall–Kier alpha value is -0.310. The second kappa shape index (κ2) is 8.08. The van der Waals surface area contributed by atoms with E-state index in [0.717, 1.165) is 16.1 Å². The fourth-order valence-electron chi connectivity index (χ4n) is 1.94. The molecule has 90 valence electrons. The fourth-order valence-corrected chi connectivity index (χ4v) is 1.94. The molecule has 1 aromatic carbocycles. The molecule has 0 amide bonds. The summed E-state index contributed by atoms with van der Waals surface area (Å²) in [5, 5.41) is 35.3. The van der Waals surface area contributed by atoms with Crippen molar-refractivity contribution in [3.05, 3.63) is 45.8 Å². The number of aliphatic carboxylic acids is 1. The molecule has 1 heterocycles. The van der Waals surface area contributed by atoms with Gasteiger partial charge in [-0.3, -0.25) is 0 Å². The van der Waals surface area contributed by atoms with Crippen molar-refractivity contribution in [2.24, 2.45) is 5.28 Å².